The zero-order chi connectivity index (χ0) is 14.1. The lowest BCUT2D eigenvalue weighted by molar-refractivity contribution is -0.195. The molecule has 0 unspecified atom stereocenters. The number of hydrogen-bond donors (Lipinski definition) is 0. The SMILES string of the molecule is CC(=O)SCC(=O)ON1C(=O)CCC1=O.CCC. The quantitative estimate of drug-likeness (QED) is 0.722. The Balaban J connectivity index is 0.000000873. The van der Waals surface area contributed by atoms with Gasteiger partial charge in [-0.3, -0.25) is 14.4 Å². The molecule has 1 aliphatic rings. The van der Waals surface area contributed by atoms with Gasteiger partial charge in [-0.25, -0.2) is 4.79 Å². The molecule has 1 fully saturated rings. The molecule has 1 rings (SSSR count). The molecule has 0 bridgehead atoms. The number of carbonyl (C=O) groups is 4. The van der Waals surface area contributed by atoms with Gasteiger partial charge in [0.25, 0.3) is 11.8 Å². The summed E-state index contributed by atoms with van der Waals surface area (Å²) in [4.78, 5) is 48.1. The van der Waals surface area contributed by atoms with Gasteiger partial charge in [0, 0.05) is 19.8 Å². The van der Waals surface area contributed by atoms with Crippen LogP contribution in [0.3, 0.4) is 0 Å². The van der Waals surface area contributed by atoms with Crippen molar-refractivity contribution in [1.29, 1.82) is 0 Å². The Bertz CT molecular complexity index is 326. The molecule has 0 saturated carbocycles. The maximum Gasteiger partial charge on any atom is 0.343 e. The monoisotopic (exact) mass is 275 g/mol. The molecular weight excluding hydrogens is 258 g/mol. The Hall–Kier alpha value is -1.37. The average Bonchev–Trinajstić information content (AvgIpc) is 2.59. The lowest BCUT2D eigenvalue weighted by Gasteiger charge is -2.11. The van der Waals surface area contributed by atoms with Gasteiger partial charge in [-0.05, 0) is 0 Å². The Morgan fingerprint density at radius 1 is 1.22 bits per heavy atom. The molecule has 1 aliphatic heterocycles. The molecule has 2 amide bonds. The van der Waals surface area contributed by atoms with Crippen molar-refractivity contribution < 1.29 is 24.0 Å². The lowest BCUT2D eigenvalue weighted by atomic mass is 10.4. The third-order valence-electron chi connectivity index (χ3n) is 1.59. The Morgan fingerprint density at radius 3 is 2.06 bits per heavy atom. The first kappa shape index (κ1) is 16.6. The topological polar surface area (TPSA) is 80.8 Å². The van der Waals surface area contributed by atoms with E-state index in [9.17, 15) is 19.2 Å². The van der Waals surface area contributed by atoms with Crippen molar-refractivity contribution in [2.45, 2.75) is 40.0 Å². The first-order chi connectivity index (χ1) is 8.42. The Labute approximate surface area is 110 Å². The van der Waals surface area contributed by atoms with Gasteiger partial charge in [0.1, 0.15) is 5.75 Å². The van der Waals surface area contributed by atoms with Crippen molar-refractivity contribution in [2.75, 3.05) is 5.75 Å². The van der Waals surface area contributed by atoms with E-state index in [4.69, 9.17) is 0 Å². The summed E-state index contributed by atoms with van der Waals surface area (Å²) >= 11 is 0.762. The summed E-state index contributed by atoms with van der Waals surface area (Å²) in [6, 6.07) is 0. The summed E-state index contributed by atoms with van der Waals surface area (Å²) in [5.41, 5.74) is 0. The van der Waals surface area contributed by atoms with Crippen molar-refractivity contribution in [1.82, 2.24) is 5.06 Å². The number of rotatable bonds is 3. The normalized spacial score (nSPS) is 14.1. The predicted octanol–water partition coefficient (Wildman–Crippen LogP) is 1.29. The fourth-order valence-corrected chi connectivity index (χ4v) is 1.32. The van der Waals surface area contributed by atoms with E-state index in [0.29, 0.717) is 5.06 Å². The van der Waals surface area contributed by atoms with Crippen LogP contribution >= 0.6 is 11.8 Å². The zero-order valence-corrected chi connectivity index (χ0v) is 11.5. The maximum atomic E-state index is 11.1. The van der Waals surface area contributed by atoms with Crippen molar-refractivity contribution in [3.05, 3.63) is 0 Å². The third-order valence-corrected chi connectivity index (χ3v) is 2.38. The summed E-state index contributed by atoms with van der Waals surface area (Å²) in [6.45, 7) is 5.56. The third kappa shape index (κ3) is 6.39. The van der Waals surface area contributed by atoms with Crippen molar-refractivity contribution in [3.63, 3.8) is 0 Å². The highest BCUT2D eigenvalue weighted by atomic mass is 32.2. The highest BCUT2D eigenvalue weighted by Crippen LogP contribution is 2.13. The number of nitrogens with zero attached hydrogens (tertiary/aromatic N) is 1. The van der Waals surface area contributed by atoms with Crippen LogP contribution in [0.5, 0.6) is 0 Å². The number of hydroxylamine groups is 2. The number of amides is 2. The maximum absolute atomic E-state index is 11.1. The molecule has 0 radical (unpaired) electrons. The van der Waals surface area contributed by atoms with Crippen LogP contribution in [0.2, 0.25) is 0 Å². The fourth-order valence-electron chi connectivity index (χ4n) is 0.947. The van der Waals surface area contributed by atoms with Gasteiger partial charge in [-0.15, -0.1) is 5.06 Å². The first-order valence-electron chi connectivity index (χ1n) is 5.62. The zero-order valence-electron chi connectivity index (χ0n) is 10.7. The first-order valence-corrected chi connectivity index (χ1v) is 6.60. The van der Waals surface area contributed by atoms with Gasteiger partial charge < -0.3 is 4.84 Å². The van der Waals surface area contributed by atoms with E-state index >= 15 is 0 Å². The number of carbonyl (C=O) groups excluding carboxylic acids is 4. The van der Waals surface area contributed by atoms with E-state index in [1.807, 2.05) is 0 Å². The van der Waals surface area contributed by atoms with E-state index < -0.39 is 17.8 Å². The van der Waals surface area contributed by atoms with Crippen molar-refractivity contribution >= 4 is 34.7 Å². The van der Waals surface area contributed by atoms with Crippen LogP contribution < -0.4 is 0 Å². The molecule has 0 aromatic rings. The molecule has 1 saturated heterocycles. The minimum Gasteiger partial charge on any atom is -0.329 e. The number of imide groups is 1. The van der Waals surface area contributed by atoms with Gasteiger partial charge in [-0.1, -0.05) is 32.0 Å². The number of thioether (sulfide) groups is 1. The fraction of sp³-hybridized carbons (Fsp3) is 0.636. The molecule has 7 heteroatoms. The molecule has 0 aromatic heterocycles. The van der Waals surface area contributed by atoms with Crippen molar-refractivity contribution in [3.8, 4) is 0 Å². The van der Waals surface area contributed by atoms with Crippen LogP contribution in [-0.4, -0.2) is 33.7 Å². The summed E-state index contributed by atoms with van der Waals surface area (Å²) in [6.07, 6.45) is 1.37. The molecule has 0 aromatic carbocycles. The molecule has 18 heavy (non-hydrogen) atoms. The second-order valence-corrected chi connectivity index (χ2v) is 4.68. The Morgan fingerprint density at radius 2 is 1.67 bits per heavy atom. The van der Waals surface area contributed by atoms with Crippen LogP contribution in [0.25, 0.3) is 0 Å². The second-order valence-electron chi connectivity index (χ2n) is 3.53. The molecule has 102 valence electrons. The molecule has 6 nitrogen and oxygen atoms in total. The second kappa shape index (κ2) is 8.68. The largest absolute Gasteiger partial charge is 0.343 e. The van der Waals surface area contributed by atoms with E-state index in [0.717, 1.165) is 11.8 Å². The van der Waals surface area contributed by atoms with E-state index in [-0.39, 0.29) is 23.7 Å². The molecule has 0 N–H and O–H groups in total. The average molecular weight is 275 g/mol. The van der Waals surface area contributed by atoms with Gasteiger partial charge in [0.2, 0.25) is 0 Å². The van der Waals surface area contributed by atoms with Crippen molar-refractivity contribution in [2.24, 2.45) is 0 Å². The van der Waals surface area contributed by atoms with Crippen LogP contribution in [0.4, 0.5) is 0 Å². The lowest BCUT2D eigenvalue weighted by Crippen LogP contribution is -2.32. The molecule has 0 spiro atoms. The van der Waals surface area contributed by atoms with E-state index in [2.05, 4.69) is 18.7 Å². The molecule has 0 aliphatic carbocycles. The van der Waals surface area contributed by atoms with E-state index in [1.165, 1.54) is 13.3 Å². The van der Waals surface area contributed by atoms with Crippen LogP contribution in [-0.2, 0) is 24.0 Å². The van der Waals surface area contributed by atoms with Crippen LogP contribution in [0.1, 0.15) is 40.0 Å². The predicted molar refractivity (Wildman–Crippen MR) is 66.3 cm³/mol. The number of hydrogen-bond acceptors (Lipinski definition) is 6. The minimum absolute atomic E-state index is 0.0615. The van der Waals surface area contributed by atoms with E-state index in [1.54, 1.807) is 0 Å². The van der Waals surface area contributed by atoms with Crippen LogP contribution in [0.15, 0.2) is 0 Å². The summed E-state index contributed by atoms with van der Waals surface area (Å²) in [5, 5.41) is 0.231. The van der Waals surface area contributed by atoms with Gasteiger partial charge in [-0.2, -0.15) is 0 Å². The van der Waals surface area contributed by atoms with Crippen LogP contribution in [0, 0.1) is 0 Å². The van der Waals surface area contributed by atoms with Gasteiger partial charge in [0.15, 0.2) is 5.12 Å². The molecular formula is C11H17NO5S. The smallest absolute Gasteiger partial charge is 0.329 e. The van der Waals surface area contributed by atoms with Gasteiger partial charge >= 0.3 is 5.97 Å². The molecule has 1 heterocycles. The Kier molecular flexibility index (Phi) is 8.02. The van der Waals surface area contributed by atoms with Gasteiger partial charge in [0.05, 0.1) is 0 Å². The highest BCUT2D eigenvalue weighted by molar-refractivity contribution is 8.14. The summed E-state index contributed by atoms with van der Waals surface area (Å²) < 4.78 is 0. The molecule has 0 atom stereocenters. The summed E-state index contributed by atoms with van der Waals surface area (Å²) in [5.74, 6) is -2.03. The minimum atomic E-state index is -0.779. The standard InChI is InChI=1S/C8H9NO5S.C3H8/c1-5(10)15-4-8(13)14-9-6(11)2-3-7(9)12;1-3-2/h2-4H2,1H3;3H2,1-2H3. The highest BCUT2D eigenvalue weighted by Gasteiger charge is 2.32. The summed E-state index contributed by atoms with van der Waals surface area (Å²) in [7, 11) is 0.